The van der Waals surface area contributed by atoms with Crippen molar-refractivity contribution in [1.29, 1.82) is 0 Å². The van der Waals surface area contributed by atoms with Crippen LogP contribution in [0.5, 0.6) is 0 Å². The van der Waals surface area contributed by atoms with Crippen LogP contribution >= 0.6 is 24.0 Å². The Morgan fingerprint density at radius 2 is 1.80 bits per heavy atom. The van der Waals surface area contributed by atoms with Crippen LogP contribution < -0.4 is 10.6 Å². The predicted octanol–water partition coefficient (Wildman–Crippen LogP) is 2.72. The molecule has 0 spiro atoms. The molecule has 1 saturated carbocycles. The SMILES string of the molecule is CCNC(=NCc1ccccc1CN(C)C)NC1CCC(O)CC1.I. The van der Waals surface area contributed by atoms with Crippen molar-refractivity contribution in [1.82, 2.24) is 15.5 Å². The summed E-state index contributed by atoms with van der Waals surface area (Å²) >= 11 is 0. The summed E-state index contributed by atoms with van der Waals surface area (Å²) in [5, 5.41) is 16.5. The monoisotopic (exact) mass is 460 g/mol. The van der Waals surface area contributed by atoms with Crippen LogP contribution in [0.3, 0.4) is 0 Å². The van der Waals surface area contributed by atoms with Gasteiger partial charge in [-0.25, -0.2) is 4.99 Å². The summed E-state index contributed by atoms with van der Waals surface area (Å²) in [7, 11) is 4.17. The molecule has 1 aromatic carbocycles. The third-order valence-electron chi connectivity index (χ3n) is 4.39. The van der Waals surface area contributed by atoms with Crippen LogP contribution in [-0.4, -0.2) is 48.8 Å². The van der Waals surface area contributed by atoms with E-state index < -0.39 is 0 Å². The average molecular weight is 460 g/mol. The van der Waals surface area contributed by atoms with Gasteiger partial charge in [0.05, 0.1) is 12.6 Å². The molecule has 1 fully saturated rings. The molecule has 2 rings (SSSR count). The molecule has 0 bridgehead atoms. The largest absolute Gasteiger partial charge is 0.393 e. The van der Waals surface area contributed by atoms with Crippen molar-refractivity contribution >= 4 is 29.9 Å². The zero-order valence-corrected chi connectivity index (χ0v) is 18.0. The van der Waals surface area contributed by atoms with Gasteiger partial charge in [-0.05, 0) is 57.8 Å². The van der Waals surface area contributed by atoms with Gasteiger partial charge in [-0.3, -0.25) is 0 Å². The molecule has 0 atom stereocenters. The molecule has 1 aliphatic rings. The maximum absolute atomic E-state index is 9.64. The van der Waals surface area contributed by atoms with Gasteiger partial charge in [0.25, 0.3) is 0 Å². The predicted molar refractivity (Wildman–Crippen MR) is 115 cm³/mol. The fourth-order valence-electron chi connectivity index (χ4n) is 3.10. The number of halogens is 1. The lowest BCUT2D eigenvalue weighted by Gasteiger charge is -2.27. The Balaban J connectivity index is 0.00000312. The van der Waals surface area contributed by atoms with Gasteiger partial charge in [-0.15, -0.1) is 24.0 Å². The Hall–Kier alpha value is -0.860. The molecule has 1 aromatic rings. The van der Waals surface area contributed by atoms with E-state index in [1.54, 1.807) is 0 Å². The van der Waals surface area contributed by atoms with E-state index in [1.165, 1.54) is 11.1 Å². The summed E-state index contributed by atoms with van der Waals surface area (Å²) in [5.74, 6) is 0.874. The molecule has 0 heterocycles. The molecule has 3 N–H and O–H groups in total. The molecule has 0 aliphatic heterocycles. The van der Waals surface area contributed by atoms with Gasteiger partial charge in [0.1, 0.15) is 0 Å². The number of aliphatic hydroxyl groups excluding tert-OH is 1. The topological polar surface area (TPSA) is 59.9 Å². The number of nitrogens with zero attached hydrogens (tertiary/aromatic N) is 2. The highest BCUT2D eigenvalue weighted by molar-refractivity contribution is 14.0. The number of nitrogens with one attached hydrogen (secondary N) is 2. The number of benzene rings is 1. The minimum atomic E-state index is -0.125. The second kappa shape index (κ2) is 11.7. The quantitative estimate of drug-likeness (QED) is 0.347. The molecule has 0 amide bonds. The van der Waals surface area contributed by atoms with Gasteiger partial charge in [0.2, 0.25) is 0 Å². The molecule has 142 valence electrons. The maximum atomic E-state index is 9.64. The fourth-order valence-corrected chi connectivity index (χ4v) is 3.10. The summed E-state index contributed by atoms with van der Waals surface area (Å²) in [6.45, 7) is 4.53. The molecule has 5 nitrogen and oxygen atoms in total. The smallest absolute Gasteiger partial charge is 0.191 e. The second-order valence-electron chi connectivity index (χ2n) is 6.85. The van der Waals surface area contributed by atoms with Crippen molar-refractivity contribution in [2.24, 2.45) is 4.99 Å². The number of hydrogen-bond acceptors (Lipinski definition) is 3. The highest BCUT2D eigenvalue weighted by Crippen LogP contribution is 2.18. The van der Waals surface area contributed by atoms with E-state index >= 15 is 0 Å². The average Bonchev–Trinajstić information content (AvgIpc) is 2.55. The Kier molecular flexibility index (Phi) is 10.4. The first-order valence-corrected chi connectivity index (χ1v) is 9.03. The van der Waals surface area contributed by atoms with Crippen LogP contribution in [0.4, 0.5) is 0 Å². The van der Waals surface area contributed by atoms with Gasteiger partial charge in [-0.1, -0.05) is 24.3 Å². The zero-order valence-electron chi connectivity index (χ0n) is 15.7. The molecular weight excluding hydrogens is 427 g/mol. The lowest BCUT2D eigenvalue weighted by molar-refractivity contribution is 0.120. The van der Waals surface area contributed by atoms with E-state index in [0.717, 1.165) is 44.7 Å². The molecule has 0 unspecified atom stereocenters. The fraction of sp³-hybridized carbons (Fsp3) is 0.632. The van der Waals surface area contributed by atoms with E-state index in [0.29, 0.717) is 12.6 Å². The first-order chi connectivity index (χ1) is 11.6. The van der Waals surface area contributed by atoms with Crippen molar-refractivity contribution < 1.29 is 5.11 Å². The highest BCUT2D eigenvalue weighted by atomic mass is 127. The first kappa shape index (κ1) is 22.2. The van der Waals surface area contributed by atoms with Crippen LogP contribution in [0.1, 0.15) is 43.7 Å². The molecular formula is C19H33IN4O. The summed E-state index contributed by atoms with van der Waals surface area (Å²) in [6, 6.07) is 8.90. The third kappa shape index (κ3) is 7.92. The standard InChI is InChI=1S/C19H32N4O.HI/c1-4-20-19(22-17-9-11-18(24)12-10-17)21-13-15-7-5-6-8-16(15)14-23(2)3;/h5-8,17-18,24H,4,9-14H2,1-3H3,(H2,20,21,22);1H. The number of guanidine groups is 1. The van der Waals surface area contributed by atoms with Gasteiger partial charge in [0.15, 0.2) is 5.96 Å². The second-order valence-corrected chi connectivity index (χ2v) is 6.85. The van der Waals surface area contributed by atoms with Gasteiger partial charge >= 0.3 is 0 Å². The first-order valence-electron chi connectivity index (χ1n) is 9.03. The Labute approximate surface area is 169 Å². The lowest BCUT2D eigenvalue weighted by Crippen LogP contribution is -2.45. The van der Waals surface area contributed by atoms with E-state index in [9.17, 15) is 5.11 Å². The van der Waals surface area contributed by atoms with Crippen molar-refractivity contribution in [3.05, 3.63) is 35.4 Å². The van der Waals surface area contributed by atoms with Crippen LogP contribution in [-0.2, 0) is 13.1 Å². The maximum Gasteiger partial charge on any atom is 0.191 e. The van der Waals surface area contributed by atoms with E-state index in [1.807, 2.05) is 0 Å². The Morgan fingerprint density at radius 3 is 2.40 bits per heavy atom. The van der Waals surface area contributed by atoms with Crippen LogP contribution in [0.15, 0.2) is 29.3 Å². The summed E-state index contributed by atoms with van der Waals surface area (Å²) in [4.78, 5) is 6.96. The molecule has 0 radical (unpaired) electrons. The Morgan fingerprint density at radius 1 is 1.16 bits per heavy atom. The number of aliphatic hydroxyl groups is 1. The molecule has 0 aromatic heterocycles. The van der Waals surface area contributed by atoms with Gasteiger partial charge in [-0.2, -0.15) is 0 Å². The lowest BCUT2D eigenvalue weighted by atomic mass is 9.93. The minimum Gasteiger partial charge on any atom is -0.393 e. The number of aliphatic imine (C=N–C) groups is 1. The minimum absolute atomic E-state index is 0. The van der Waals surface area contributed by atoms with Gasteiger partial charge < -0.3 is 20.6 Å². The zero-order chi connectivity index (χ0) is 17.4. The van der Waals surface area contributed by atoms with E-state index in [4.69, 9.17) is 4.99 Å². The number of rotatable bonds is 6. The highest BCUT2D eigenvalue weighted by Gasteiger charge is 2.19. The van der Waals surface area contributed by atoms with Gasteiger partial charge in [0, 0.05) is 19.1 Å². The van der Waals surface area contributed by atoms with Crippen LogP contribution in [0, 0.1) is 0 Å². The van der Waals surface area contributed by atoms with E-state index in [2.05, 4.69) is 60.8 Å². The number of hydrogen-bond donors (Lipinski definition) is 3. The molecule has 6 heteroatoms. The summed E-state index contributed by atoms with van der Waals surface area (Å²) < 4.78 is 0. The third-order valence-corrected chi connectivity index (χ3v) is 4.39. The Bertz CT molecular complexity index is 528. The van der Waals surface area contributed by atoms with Crippen LogP contribution in [0.25, 0.3) is 0 Å². The van der Waals surface area contributed by atoms with Crippen LogP contribution in [0.2, 0.25) is 0 Å². The molecule has 1 aliphatic carbocycles. The normalized spacial score (nSPS) is 20.9. The van der Waals surface area contributed by atoms with Crippen molar-refractivity contribution in [3.63, 3.8) is 0 Å². The van der Waals surface area contributed by atoms with Crippen molar-refractivity contribution in [2.75, 3.05) is 20.6 Å². The van der Waals surface area contributed by atoms with Crippen molar-refractivity contribution in [3.8, 4) is 0 Å². The summed E-state index contributed by atoms with van der Waals surface area (Å²) in [5.41, 5.74) is 2.59. The molecule has 25 heavy (non-hydrogen) atoms. The van der Waals surface area contributed by atoms with E-state index in [-0.39, 0.29) is 30.1 Å². The van der Waals surface area contributed by atoms with Crippen molar-refractivity contribution in [2.45, 2.75) is 57.8 Å². The summed E-state index contributed by atoms with van der Waals surface area (Å²) in [6.07, 6.45) is 3.64. The molecule has 0 saturated heterocycles.